The molecular weight excluding hydrogens is 271 g/mol. The lowest BCUT2D eigenvalue weighted by atomic mass is 10.1. The second-order valence-corrected chi connectivity index (χ2v) is 7.20. The van der Waals surface area contributed by atoms with E-state index in [4.69, 9.17) is 0 Å². The lowest BCUT2D eigenvalue weighted by molar-refractivity contribution is 0.423. The number of nitrogens with zero attached hydrogens (tertiary/aromatic N) is 1. The van der Waals surface area contributed by atoms with E-state index in [2.05, 4.69) is 51.2 Å². The standard InChI is InChI=1S/C16H27FN2S/c1-12(11-20-6)19(5)15-8-7-14(17)9-13(15)10-18-16(2,3)4/h7-9,12,18H,10-11H2,1-6H3. The lowest BCUT2D eigenvalue weighted by Gasteiger charge is -2.30. The molecule has 0 aliphatic carbocycles. The summed E-state index contributed by atoms with van der Waals surface area (Å²) in [5.74, 6) is 0.880. The molecule has 1 unspecified atom stereocenters. The molecule has 1 aromatic rings. The molecule has 0 aliphatic rings. The smallest absolute Gasteiger partial charge is 0.123 e. The van der Waals surface area contributed by atoms with Crippen LogP contribution in [0.1, 0.15) is 33.3 Å². The summed E-state index contributed by atoms with van der Waals surface area (Å²) in [6.07, 6.45) is 2.11. The Bertz CT molecular complexity index is 429. The van der Waals surface area contributed by atoms with E-state index >= 15 is 0 Å². The predicted octanol–water partition coefficient (Wildman–Crippen LogP) is 3.90. The van der Waals surface area contributed by atoms with Crippen LogP contribution in [0.2, 0.25) is 0 Å². The number of hydrogen-bond donors (Lipinski definition) is 1. The highest BCUT2D eigenvalue weighted by molar-refractivity contribution is 7.98. The van der Waals surface area contributed by atoms with Gasteiger partial charge in [-0.25, -0.2) is 4.39 Å². The van der Waals surface area contributed by atoms with Gasteiger partial charge in [0.1, 0.15) is 5.82 Å². The Morgan fingerprint density at radius 3 is 2.55 bits per heavy atom. The highest BCUT2D eigenvalue weighted by Crippen LogP contribution is 2.24. The molecule has 114 valence electrons. The third kappa shape index (κ3) is 5.33. The minimum Gasteiger partial charge on any atom is -0.371 e. The maximum Gasteiger partial charge on any atom is 0.123 e. The zero-order valence-electron chi connectivity index (χ0n) is 13.5. The fourth-order valence-electron chi connectivity index (χ4n) is 1.99. The van der Waals surface area contributed by atoms with Crippen LogP contribution in [0.15, 0.2) is 18.2 Å². The minimum atomic E-state index is -0.176. The monoisotopic (exact) mass is 298 g/mol. The topological polar surface area (TPSA) is 15.3 Å². The molecule has 1 N–H and O–H groups in total. The fraction of sp³-hybridized carbons (Fsp3) is 0.625. The van der Waals surface area contributed by atoms with Gasteiger partial charge in [-0.1, -0.05) is 0 Å². The van der Waals surface area contributed by atoms with Crippen molar-refractivity contribution in [1.82, 2.24) is 5.32 Å². The SMILES string of the molecule is CSCC(C)N(C)c1ccc(F)cc1CNC(C)(C)C. The van der Waals surface area contributed by atoms with E-state index in [-0.39, 0.29) is 11.4 Å². The van der Waals surface area contributed by atoms with Crippen molar-refractivity contribution in [2.75, 3.05) is 24.0 Å². The van der Waals surface area contributed by atoms with E-state index in [1.54, 1.807) is 6.07 Å². The maximum absolute atomic E-state index is 13.5. The number of anilines is 1. The van der Waals surface area contributed by atoms with Gasteiger partial charge >= 0.3 is 0 Å². The summed E-state index contributed by atoms with van der Waals surface area (Å²) in [7, 11) is 2.08. The van der Waals surface area contributed by atoms with E-state index in [9.17, 15) is 4.39 Å². The number of rotatable bonds is 6. The summed E-state index contributed by atoms with van der Waals surface area (Å²) < 4.78 is 13.5. The highest BCUT2D eigenvalue weighted by Gasteiger charge is 2.16. The van der Waals surface area contributed by atoms with E-state index in [0.717, 1.165) is 17.0 Å². The number of thioether (sulfide) groups is 1. The van der Waals surface area contributed by atoms with Gasteiger partial charge < -0.3 is 10.2 Å². The normalized spacial score (nSPS) is 13.3. The van der Waals surface area contributed by atoms with E-state index < -0.39 is 0 Å². The van der Waals surface area contributed by atoms with Crippen molar-refractivity contribution in [2.45, 2.75) is 45.8 Å². The maximum atomic E-state index is 13.5. The Hall–Kier alpha value is -0.740. The van der Waals surface area contributed by atoms with Crippen molar-refractivity contribution in [1.29, 1.82) is 0 Å². The van der Waals surface area contributed by atoms with Gasteiger partial charge in [-0.15, -0.1) is 0 Å². The van der Waals surface area contributed by atoms with Gasteiger partial charge in [0.05, 0.1) is 0 Å². The molecule has 0 heterocycles. The van der Waals surface area contributed by atoms with Crippen LogP contribution in [-0.4, -0.2) is 30.6 Å². The number of hydrogen-bond acceptors (Lipinski definition) is 3. The molecule has 0 fully saturated rings. The van der Waals surface area contributed by atoms with E-state index in [1.807, 2.05) is 17.8 Å². The molecule has 0 aliphatic heterocycles. The third-order valence-corrected chi connectivity index (χ3v) is 4.12. The number of halogens is 1. The Morgan fingerprint density at radius 2 is 2.00 bits per heavy atom. The molecule has 20 heavy (non-hydrogen) atoms. The van der Waals surface area contributed by atoms with Crippen LogP contribution in [-0.2, 0) is 6.54 Å². The first-order valence-electron chi connectivity index (χ1n) is 7.00. The second kappa shape index (κ2) is 7.32. The van der Waals surface area contributed by atoms with Gasteiger partial charge in [0.15, 0.2) is 0 Å². The molecule has 0 spiro atoms. The van der Waals surface area contributed by atoms with E-state index in [0.29, 0.717) is 12.6 Å². The molecular formula is C16H27FN2S. The zero-order chi connectivity index (χ0) is 15.3. The molecule has 4 heteroatoms. The molecule has 0 saturated carbocycles. The Balaban J connectivity index is 2.94. The van der Waals surface area contributed by atoms with Crippen LogP contribution in [0.25, 0.3) is 0 Å². The Morgan fingerprint density at radius 1 is 1.35 bits per heavy atom. The molecule has 0 radical (unpaired) electrons. The van der Waals surface area contributed by atoms with Crippen LogP contribution in [0.5, 0.6) is 0 Å². The van der Waals surface area contributed by atoms with Gasteiger partial charge in [0.25, 0.3) is 0 Å². The van der Waals surface area contributed by atoms with Crippen LogP contribution < -0.4 is 10.2 Å². The molecule has 1 aromatic carbocycles. The molecule has 0 amide bonds. The zero-order valence-corrected chi connectivity index (χ0v) is 14.3. The first-order valence-corrected chi connectivity index (χ1v) is 8.39. The van der Waals surface area contributed by atoms with Crippen LogP contribution in [0.3, 0.4) is 0 Å². The average molecular weight is 298 g/mol. The molecule has 0 aromatic heterocycles. The van der Waals surface area contributed by atoms with Crippen molar-refractivity contribution in [3.05, 3.63) is 29.6 Å². The quantitative estimate of drug-likeness (QED) is 0.857. The number of benzene rings is 1. The fourth-order valence-corrected chi connectivity index (χ4v) is 2.70. The first-order chi connectivity index (χ1) is 9.24. The van der Waals surface area contributed by atoms with Gasteiger partial charge in [0.2, 0.25) is 0 Å². The average Bonchev–Trinajstić information content (AvgIpc) is 2.35. The van der Waals surface area contributed by atoms with Crippen LogP contribution >= 0.6 is 11.8 Å². The van der Waals surface area contributed by atoms with Crippen LogP contribution in [0, 0.1) is 5.82 Å². The minimum absolute atomic E-state index is 0.0209. The first kappa shape index (κ1) is 17.3. The second-order valence-electron chi connectivity index (χ2n) is 6.29. The van der Waals surface area contributed by atoms with Crippen molar-refractivity contribution in [3.63, 3.8) is 0 Å². The lowest BCUT2D eigenvalue weighted by Crippen LogP contribution is -2.36. The molecule has 0 bridgehead atoms. The highest BCUT2D eigenvalue weighted by atomic mass is 32.2. The Labute approximate surface area is 127 Å². The van der Waals surface area contributed by atoms with Crippen molar-refractivity contribution >= 4 is 17.4 Å². The summed E-state index contributed by atoms with van der Waals surface area (Å²) in [5, 5.41) is 3.43. The molecule has 1 rings (SSSR count). The summed E-state index contributed by atoms with van der Waals surface area (Å²) in [5.41, 5.74) is 2.13. The summed E-state index contributed by atoms with van der Waals surface area (Å²) in [6.45, 7) is 9.22. The largest absolute Gasteiger partial charge is 0.371 e. The Kier molecular flexibility index (Phi) is 6.34. The van der Waals surface area contributed by atoms with Gasteiger partial charge in [-0.2, -0.15) is 11.8 Å². The van der Waals surface area contributed by atoms with Gasteiger partial charge in [-0.05, 0) is 57.7 Å². The van der Waals surface area contributed by atoms with Crippen LogP contribution in [0.4, 0.5) is 10.1 Å². The van der Waals surface area contributed by atoms with Gasteiger partial charge in [0, 0.05) is 36.6 Å². The molecule has 1 atom stereocenters. The summed E-state index contributed by atoms with van der Waals surface area (Å²) in [6, 6.07) is 5.48. The predicted molar refractivity (Wildman–Crippen MR) is 89.2 cm³/mol. The third-order valence-electron chi connectivity index (χ3n) is 3.30. The molecule has 2 nitrogen and oxygen atoms in total. The van der Waals surface area contributed by atoms with E-state index in [1.165, 1.54) is 6.07 Å². The summed E-state index contributed by atoms with van der Waals surface area (Å²) >= 11 is 1.83. The number of nitrogens with one attached hydrogen (secondary N) is 1. The molecule has 0 saturated heterocycles. The van der Waals surface area contributed by atoms with Crippen molar-refractivity contribution in [3.8, 4) is 0 Å². The van der Waals surface area contributed by atoms with Gasteiger partial charge in [-0.3, -0.25) is 0 Å². The summed E-state index contributed by atoms with van der Waals surface area (Å²) in [4.78, 5) is 2.23. The van der Waals surface area contributed by atoms with Crippen molar-refractivity contribution in [2.24, 2.45) is 0 Å². The van der Waals surface area contributed by atoms with Crippen molar-refractivity contribution < 1.29 is 4.39 Å².